The molecule has 0 heteroatoms. The maximum absolute atomic E-state index is 2.51. The van der Waals surface area contributed by atoms with Crippen LogP contribution in [0.2, 0.25) is 0 Å². The molecule has 2 saturated carbocycles. The largest absolute Gasteiger partial charge is 0.0649 e. The van der Waals surface area contributed by atoms with Crippen LogP contribution in [-0.4, -0.2) is 0 Å². The third-order valence-corrected chi connectivity index (χ3v) is 5.73. The van der Waals surface area contributed by atoms with E-state index in [1.165, 1.54) is 38.5 Å². The maximum Gasteiger partial charge on any atom is -0.0254 e. The highest BCUT2D eigenvalue weighted by Gasteiger charge is 2.56. The zero-order valence-corrected chi connectivity index (χ0v) is 12.0. The van der Waals surface area contributed by atoms with Gasteiger partial charge in [-0.3, -0.25) is 0 Å². The molecule has 2 aliphatic rings. The lowest BCUT2D eigenvalue weighted by atomic mass is 9.42. The van der Waals surface area contributed by atoms with E-state index in [-0.39, 0.29) is 0 Å². The van der Waals surface area contributed by atoms with Crippen molar-refractivity contribution in [3.8, 4) is 0 Å². The van der Waals surface area contributed by atoms with Crippen LogP contribution in [0.4, 0.5) is 0 Å². The van der Waals surface area contributed by atoms with E-state index in [4.69, 9.17) is 0 Å². The second-order valence-electron chi connectivity index (χ2n) is 7.62. The van der Waals surface area contributed by atoms with Gasteiger partial charge in [-0.2, -0.15) is 0 Å². The number of rotatable bonds is 2. The Morgan fingerprint density at radius 2 is 1.81 bits per heavy atom. The van der Waals surface area contributed by atoms with Crippen molar-refractivity contribution in [1.82, 2.24) is 0 Å². The van der Waals surface area contributed by atoms with Gasteiger partial charge < -0.3 is 0 Å². The Labute approximate surface area is 102 Å². The van der Waals surface area contributed by atoms with Gasteiger partial charge in [-0.25, -0.2) is 0 Å². The summed E-state index contributed by atoms with van der Waals surface area (Å²) in [7, 11) is 0. The Morgan fingerprint density at radius 3 is 2.31 bits per heavy atom. The molecule has 0 nitrogen and oxygen atoms in total. The fourth-order valence-corrected chi connectivity index (χ4v) is 5.06. The first kappa shape index (κ1) is 12.5. The summed E-state index contributed by atoms with van der Waals surface area (Å²) in [5.74, 6) is 2.90. The van der Waals surface area contributed by atoms with E-state index in [0.29, 0.717) is 5.41 Å². The van der Waals surface area contributed by atoms with Gasteiger partial charge in [0.15, 0.2) is 0 Å². The summed E-state index contributed by atoms with van der Waals surface area (Å²) >= 11 is 0. The summed E-state index contributed by atoms with van der Waals surface area (Å²) in [5, 5.41) is 0. The van der Waals surface area contributed by atoms with Crippen LogP contribution in [0.5, 0.6) is 0 Å². The Kier molecular flexibility index (Phi) is 3.14. The molecule has 94 valence electrons. The Morgan fingerprint density at radius 1 is 1.19 bits per heavy atom. The molecule has 0 aromatic heterocycles. The molecular weight excluding hydrogens is 192 g/mol. The third-order valence-electron chi connectivity index (χ3n) is 5.73. The predicted molar refractivity (Wildman–Crippen MR) is 71.4 cm³/mol. The highest BCUT2D eigenvalue weighted by Crippen LogP contribution is 2.66. The predicted octanol–water partition coefficient (Wildman–Crippen LogP) is 5.28. The lowest BCUT2D eigenvalue weighted by Gasteiger charge is -2.62. The second kappa shape index (κ2) is 4.03. The van der Waals surface area contributed by atoms with Gasteiger partial charge in [0.05, 0.1) is 0 Å². The van der Waals surface area contributed by atoms with Crippen LogP contribution in [0, 0.1) is 28.6 Å². The van der Waals surface area contributed by atoms with E-state index in [0.717, 1.165) is 23.2 Å². The number of hydrogen-bond acceptors (Lipinski definition) is 0. The molecule has 0 aliphatic heterocycles. The minimum absolute atomic E-state index is 0.685. The van der Waals surface area contributed by atoms with E-state index in [2.05, 4.69) is 34.6 Å². The SMILES string of the molecule is CCC1(C)CC2(C[C@H](C)CC[C@H]2C(C)C)C1. The lowest BCUT2D eigenvalue weighted by Crippen LogP contribution is -2.53. The van der Waals surface area contributed by atoms with Crippen LogP contribution >= 0.6 is 0 Å². The van der Waals surface area contributed by atoms with Crippen molar-refractivity contribution in [2.45, 2.75) is 73.1 Å². The topological polar surface area (TPSA) is 0 Å². The maximum atomic E-state index is 2.51. The van der Waals surface area contributed by atoms with Crippen LogP contribution in [0.1, 0.15) is 73.1 Å². The molecule has 0 heterocycles. The molecule has 2 rings (SSSR count). The van der Waals surface area contributed by atoms with Crippen molar-refractivity contribution < 1.29 is 0 Å². The first-order valence-electron chi connectivity index (χ1n) is 7.41. The van der Waals surface area contributed by atoms with E-state index in [1.807, 2.05) is 0 Å². The molecular formula is C16H30. The Bertz CT molecular complexity index is 245. The molecule has 0 unspecified atom stereocenters. The summed E-state index contributed by atoms with van der Waals surface area (Å²) in [4.78, 5) is 0. The molecule has 0 amide bonds. The van der Waals surface area contributed by atoms with Gasteiger partial charge in [0.1, 0.15) is 0 Å². The quantitative estimate of drug-likeness (QED) is 0.596. The number of hydrogen-bond donors (Lipinski definition) is 0. The molecule has 0 radical (unpaired) electrons. The first-order valence-corrected chi connectivity index (χ1v) is 7.41. The normalized spacial score (nSPS) is 48.4. The summed E-state index contributed by atoms with van der Waals surface area (Å²) in [6.07, 6.45) is 8.92. The van der Waals surface area contributed by atoms with Crippen LogP contribution in [-0.2, 0) is 0 Å². The van der Waals surface area contributed by atoms with Crippen molar-refractivity contribution in [2.75, 3.05) is 0 Å². The monoisotopic (exact) mass is 222 g/mol. The van der Waals surface area contributed by atoms with Crippen molar-refractivity contribution in [3.05, 3.63) is 0 Å². The highest BCUT2D eigenvalue weighted by molar-refractivity contribution is 5.06. The molecule has 0 bridgehead atoms. The summed E-state index contributed by atoms with van der Waals surface area (Å²) < 4.78 is 0. The zero-order valence-electron chi connectivity index (χ0n) is 12.0. The molecule has 2 aliphatic carbocycles. The minimum atomic E-state index is 0.685. The summed E-state index contributed by atoms with van der Waals surface area (Å²) in [6, 6.07) is 0. The molecule has 1 spiro atoms. The molecule has 0 aromatic rings. The smallest absolute Gasteiger partial charge is 0.0254 e. The van der Waals surface area contributed by atoms with Crippen molar-refractivity contribution in [1.29, 1.82) is 0 Å². The average Bonchev–Trinajstić information content (AvgIpc) is 2.14. The van der Waals surface area contributed by atoms with E-state index >= 15 is 0 Å². The Balaban J connectivity index is 2.11. The fraction of sp³-hybridized carbons (Fsp3) is 1.00. The molecule has 2 atom stereocenters. The van der Waals surface area contributed by atoms with E-state index < -0.39 is 0 Å². The molecule has 2 fully saturated rings. The molecule has 0 aromatic carbocycles. The van der Waals surface area contributed by atoms with Crippen LogP contribution < -0.4 is 0 Å². The average molecular weight is 222 g/mol. The van der Waals surface area contributed by atoms with E-state index in [9.17, 15) is 0 Å². The van der Waals surface area contributed by atoms with Gasteiger partial charge in [-0.1, -0.05) is 47.5 Å². The lowest BCUT2D eigenvalue weighted by molar-refractivity contribution is -0.124. The van der Waals surface area contributed by atoms with Crippen molar-refractivity contribution >= 4 is 0 Å². The molecule has 0 N–H and O–H groups in total. The van der Waals surface area contributed by atoms with Gasteiger partial charge in [-0.15, -0.1) is 0 Å². The van der Waals surface area contributed by atoms with Crippen LogP contribution in [0.15, 0.2) is 0 Å². The van der Waals surface area contributed by atoms with Gasteiger partial charge in [0.25, 0.3) is 0 Å². The minimum Gasteiger partial charge on any atom is -0.0649 e. The van der Waals surface area contributed by atoms with Crippen molar-refractivity contribution in [3.63, 3.8) is 0 Å². The fourth-order valence-electron chi connectivity index (χ4n) is 5.06. The van der Waals surface area contributed by atoms with Gasteiger partial charge in [0, 0.05) is 0 Å². The standard InChI is InChI=1S/C16H30/c1-6-15(5)10-16(11-15)9-13(4)7-8-14(16)12(2)3/h12-14H,6-11H2,1-5H3/t13-,14+,15?,16?/m1/s1. The van der Waals surface area contributed by atoms with Crippen molar-refractivity contribution in [2.24, 2.45) is 28.6 Å². The molecule has 0 saturated heterocycles. The second-order valence-corrected chi connectivity index (χ2v) is 7.62. The van der Waals surface area contributed by atoms with E-state index in [1.54, 1.807) is 0 Å². The van der Waals surface area contributed by atoms with Gasteiger partial charge in [-0.05, 0) is 54.3 Å². The summed E-state index contributed by atoms with van der Waals surface area (Å²) in [6.45, 7) is 12.3. The van der Waals surface area contributed by atoms with Crippen LogP contribution in [0.25, 0.3) is 0 Å². The highest BCUT2D eigenvalue weighted by atomic mass is 14.6. The first-order chi connectivity index (χ1) is 7.41. The summed E-state index contributed by atoms with van der Waals surface area (Å²) in [5.41, 5.74) is 1.43. The van der Waals surface area contributed by atoms with Gasteiger partial charge >= 0.3 is 0 Å². The third kappa shape index (κ3) is 1.93. The Hall–Kier alpha value is 0. The van der Waals surface area contributed by atoms with Crippen LogP contribution in [0.3, 0.4) is 0 Å². The van der Waals surface area contributed by atoms with Gasteiger partial charge in [0.2, 0.25) is 0 Å². The zero-order chi connectivity index (χ0) is 12.0. The molecule has 16 heavy (non-hydrogen) atoms.